The number of aromatic nitrogens is 1. The second kappa shape index (κ2) is 9.21. The van der Waals surface area contributed by atoms with E-state index in [9.17, 15) is 5.11 Å². The van der Waals surface area contributed by atoms with E-state index in [1.54, 1.807) is 6.20 Å². The van der Waals surface area contributed by atoms with E-state index in [-0.39, 0.29) is 5.92 Å². The van der Waals surface area contributed by atoms with Crippen molar-refractivity contribution in [3.8, 4) is 0 Å². The van der Waals surface area contributed by atoms with Gasteiger partial charge in [0.2, 0.25) is 5.89 Å². The number of nitrogens with zero attached hydrogens (tertiary/aromatic N) is 2. The fourth-order valence-corrected chi connectivity index (χ4v) is 4.61. The summed E-state index contributed by atoms with van der Waals surface area (Å²) >= 11 is 0. The number of hydrogen-bond acceptors (Lipinski definition) is 3. The maximum atomic E-state index is 12.0. The maximum absolute atomic E-state index is 12.0. The van der Waals surface area contributed by atoms with E-state index in [1.165, 1.54) is 12.0 Å². The molecule has 2 aromatic carbocycles. The standard InChI is InChI=1S/C27H33N2O2/c1-29(2,19-18-22-12-6-3-7-13-22)21-25-20-28-26(31-25)27(30,23-14-8-4-9-15-23)24-16-10-5-11-17-24/h3-4,6-9,12-15,18-20,24,30H,5,10-11,16-17,21H2,1-2H3/q+1. The van der Waals surface area contributed by atoms with Crippen LogP contribution in [-0.2, 0) is 12.1 Å². The quantitative estimate of drug-likeness (QED) is 0.499. The predicted octanol–water partition coefficient (Wildman–Crippen LogP) is 5.74. The molecule has 0 aliphatic heterocycles. The number of benzene rings is 2. The minimum atomic E-state index is -1.18. The first kappa shape index (κ1) is 21.5. The summed E-state index contributed by atoms with van der Waals surface area (Å²) in [6.45, 7) is 0.659. The lowest BCUT2D eigenvalue weighted by Gasteiger charge is -2.36. The lowest BCUT2D eigenvalue weighted by molar-refractivity contribution is -0.853. The van der Waals surface area contributed by atoms with E-state index in [0.29, 0.717) is 16.9 Å². The van der Waals surface area contributed by atoms with Crippen molar-refractivity contribution in [3.63, 3.8) is 0 Å². The first-order valence-electron chi connectivity index (χ1n) is 11.3. The Kier molecular flexibility index (Phi) is 6.40. The summed E-state index contributed by atoms with van der Waals surface area (Å²) in [5, 5.41) is 12.0. The molecule has 4 heteroatoms. The zero-order chi connectivity index (χ0) is 21.7. The minimum Gasteiger partial charge on any atom is -0.436 e. The molecule has 1 aromatic heterocycles. The van der Waals surface area contributed by atoms with E-state index >= 15 is 0 Å². The summed E-state index contributed by atoms with van der Waals surface area (Å²) in [5.41, 5.74) is 0.854. The number of aliphatic hydroxyl groups is 1. The van der Waals surface area contributed by atoms with E-state index in [2.05, 4.69) is 43.5 Å². The third-order valence-electron chi connectivity index (χ3n) is 6.32. The Morgan fingerprint density at radius 2 is 1.65 bits per heavy atom. The second-order valence-electron chi connectivity index (χ2n) is 9.26. The van der Waals surface area contributed by atoms with E-state index in [4.69, 9.17) is 4.42 Å². The SMILES string of the molecule is C[N+](C)(C=Cc1ccccc1)Cc1cnc(C(O)(c2ccccc2)C2CCCCC2)o1. The van der Waals surface area contributed by atoms with Gasteiger partial charge in [-0.15, -0.1) is 0 Å². The summed E-state index contributed by atoms with van der Waals surface area (Å²) in [4.78, 5) is 4.59. The van der Waals surface area contributed by atoms with E-state index in [1.807, 2.05) is 48.5 Å². The van der Waals surface area contributed by atoms with Gasteiger partial charge in [-0.2, -0.15) is 0 Å². The molecule has 1 aliphatic rings. The van der Waals surface area contributed by atoms with Gasteiger partial charge < -0.3 is 9.52 Å². The molecule has 0 amide bonds. The van der Waals surface area contributed by atoms with Gasteiger partial charge in [0.25, 0.3) is 0 Å². The third-order valence-corrected chi connectivity index (χ3v) is 6.32. The van der Waals surface area contributed by atoms with Gasteiger partial charge in [0.15, 0.2) is 11.4 Å². The molecule has 1 heterocycles. The van der Waals surface area contributed by atoms with Crippen LogP contribution in [0.5, 0.6) is 0 Å². The average molecular weight is 418 g/mol. The van der Waals surface area contributed by atoms with Crippen LogP contribution < -0.4 is 0 Å². The van der Waals surface area contributed by atoms with E-state index < -0.39 is 5.60 Å². The minimum absolute atomic E-state index is 0.121. The van der Waals surface area contributed by atoms with E-state index in [0.717, 1.165) is 37.0 Å². The van der Waals surface area contributed by atoms with Crippen molar-refractivity contribution in [2.24, 2.45) is 5.92 Å². The monoisotopic (exact) mass is 417 g/mol. The molecule has 1 atom stereocenters. The molecule has 31 heavy (non-hydrogen) atoms. The van der Waals surface area contributed by atoms with Crippen molar-refractivity contribution < 1.29 is 14.0 Å². The Balaban J connectivity index is 1.58. The van der Waals surface area contributed by atoms with Crippen molar-refractivity contribution >= 4 is 6.08 Å². The fourth-order valence-electron chi connectivity index (χ4n) is 4.61. The molecule has 1 unspecified atom stereocenters. The number of oxazole rings is 1. The molecule has 162 valence electrons. The van der Waals surface area contributed by atoms with Crippen LogP contribution in [0.4, 0.5) is 0 Å². The Morgan fingerprint density at radius 3 is 2.32 bits per heavy atom. The molecule has 1 saturated carbocycles. The maximum Gasteiger partial charge on any atom is 0.231 e. The fraction of sp³-hybridized carbons (Fsp3) is 0.370. The highest BCUT2D eigenvalue weighted by Gasteiger charge is 2.44. The number of hydrogen-bond donors (Lipinski definition) is 1. The van der Waals surface area contributed by atoms with Gasteiger partial charge in [-0.1, -0.05) is 79.9 Å². The molecule has 0 saturated heterocycles. The summed E-state index contributed by atoms with van der Waals surface area (Å²) in [6, 6.07) is 20.2. The Hall–Kier alpha value is -2.69. The Morgan fingerprint density at radius 1 is 1.00 bits per heavy atom. The molecular formula is C27H33N2O2+. The van der Waals surface area contributed by atoms with Crippen molar-refractivity contribution in [2.45, 2.75) is 44.2 Å². The molecule has 1 N–H and O–H groups in total. The van der Waals surface area contributed by atoms with Crippen LogP contribution in [0, 0.1) is 5.92 Å². The summed E-state index contributed by atoms with van der Waals surface area (Å²) in [5.74, 6) is 1.33. The van der Waals surface area contributed by atoms with Crippen molar-refractivity contribution in [1.29, 1.82) is 0 Å². The van der Waals surface area contributed by atoms with Gasteiger partial charge in [0, 0.05) is 5.92 Å². The lowest BCUT2D eigenvalue weighted by atomic mass is 9.73. The first-order valence-corrected chi connectivity index (χ1v) is 11.3. The zero-order valence-corrected chi connectivity index (χ0v) is 18.6. The zero-order valence-electron chi connectivity index (χ0n) is 18.6. The normalized spacial score (nSPS) is 17.6. The van der Waals surface area contributed by atoms with Gasteiger partial charge >= 0.3 is 0 Å². The number of rotatable bonds is 7. The van der Waals surface area contributed by atoms with Gasteiger partial charge in [-0.05, 0) is 30.0 Å². The van der Waals surface area contributed by atoms with Crippen molar-refractivity contribution in [3.05, 3.63) is 95.8 Å². The Bertz CT molecular complexity index is 988. The Labute approximate surface area is 185 Å². The topological polar surface area (TPSA) is 46.3 Å². The van der Waals surface area contributed by atoms with Crippen molar-refractivity contribution in [2.75, 3.05) is 14.1 Å². The van der Waals surface area contributed by atoms with Gasteiger partial charge in [0.05, 0.1) is 26.5 Å². The highest BCUT2D eigenvalue weighted by atomic mass is 16.4. The second-order valence-corrected chi connectivity index (χ2v) is 9.26. The van der Waals surface area contributed by atoms with Crippen LogP contribution in [-0.4, -0.2) is 28.7 Å². The highest BCUT2D eigenvalue weighted by Crippen LogP contribution is 2.43. The smallest absolute Gasteiger partial charge is 0.231 e. The molecule has 0 radical (unpaired) electrons. The molecule has 4 rings (SSSR count). The molecule has 1 fully saturated rings. The summed E-state index contributed by atoms with van der Waals surface area (Å²) in [6.07, 6.45) is 11.6. The van der Waals surface area contributed by atoms with Crippen LogP contribution in [0.2, 0.25) is 0 Å². The first-order chi connectivity index (χ1) is 15.0. The molecule has 4 nitrogen and oxygen atoms in total. The summed E-state index contributed by atoms with van der Waals surface area (Å²) < 4.78 is 6.86. The molecule has 1 aliphatic carbocycles. The van der Waals surface area contributed by atoms with Gasteiger partial charge in [-0.3, -0.25) is 4.48 Å². The predicted molar refractivity (Wildman–Crippen MR) is 124 cm³/mol. The van der Waals surface area contributed by atoms with Crippen molar-refractivity contribution in [1.82, 2.24) is 4.98 Å². The van der Waals surface area contributed by atoms with Crippen LogP contribution in [0.3, 0.4) is 0 Å². The molecule has 0 spiro atoms. The highest BCUT2D eigenvalue weighted by molar-refractivity contribution is 5.47. The molecular weight excluding hydrogens is 384 g/mol. The molecule has 0 bridgehead atoms. The van der Waals surface area contributed by atoms with Crippen LogP contribution in [0.15, 0.2) is 77.5 Å². The lowest BCUT2D eigenvalue weighted by Crippen LogP contribution is -2.38. The third kappa shape index (κ3) is 4.97. The van der Waals surface area contributed by atoms with Crippen LogP contribution in [0.1, 0.15) is 54.9 Å². The van der Waals surface area contributed by atoms with Crippen LogP contribution >= 0.6 is 0 Å². The van der Waals surface area contributed by atoms with Crippen LogP contribution in [0.25, 0.3) is 6.08 Å². The number of quaternary nitrogens is 1. The summed E-state index contributed by atoms with van der Waals surface area (Å²) in [7, 11) is 4.26. The average Bonchev–Trinajstić information content (AvgIpc) is 3.27. The van der Waals surface area contributed by atoms with Gasteiger partial charge in [0.1, 0.15) is 6.54 Å². The molecule has 3 aromatic rings. The largest absolute Gasteiger partial charge is 0.436 e. The van der Waals surface area contributed by atoms with Gasteiger partial charge in [-0.25, -0.2) is 4.98 Å².